The summed E-state index contributed by atoms with van der Waals surface area (Å²) in [5, 5.41) is 15.9. The van der Waals surface area contributed by atoms with Crippen molar-refractivity contribution < 1.29 is 5.11 Å². The van der Waals surface area contributed by atoms with Gasteiger partial charge in [-0.3, -0.25) is 5.41 Å². The highest BCUT2D eigenvalue weighted by Gasteiger charge is 2.07. The predicted octanol–water partition coefficient (Wildman–Crippen LogP) is 2.46. The zero-order chi connectivity index (χ0) is 14.3. The molecule has 2 aromatic rings. The lowest BCUT2D eigenvalue weighted by molar-refractivity contribution is 0.476. The molecule has 0 fully saturated rings. The first kappa shape index (κ1) is 14.6. The molecule has 0 aliphatic carbocycles. The van der Waals surface area contributed by atoms with Gasteiger partial charge in [-0.1, -0.05) is 49.4 Å². The number of nitrogens with one attached hydrogen (secondary N) is 1. The predicted molar refractivity (Wildman–Crippen MR) is 79.0 cm³/mol. The molecule has 100 valence electrons. The van der Waals surface area contributed by atoms with Gasteiger partial charge in [0.2, 0.25) is 0 Å². The fourth-order valence-electron chi connectivity index (χ4n) is 1.82. The second-order valence-electron chi connectivity index (χ2n) is 3.99. The van der Waals surface area contributed by atoms with Gasteiger partial charge in [0.25, 0.3) is 0 Å². The molecule has 0 saturated carbocycles. The van der Waals surface area contributed by atoms with E-state index in [0.29, 0.717) is 5.75 Å². The van der Waals surface area contributed by atoms with Crippen LogP contribution in [0.25, 0.3) is 11.1 Å². The van der Waals surface area contributed by atoms with Crippen LogP contribution in [0.4, 0.5) is 0 Å². The molecule has 0 saturated heterocycles. The number of guanidine groups is 1. The van der Waals surface area contributed by atoms with Crippen LogP contribution in [-0.2, 0) is 6.42 Å². The highest BCUT2D eigenvalue weighted by Crippen LogP contribution is 2.32. The van der Waals surface area contributed by atoms with E-state index >= 15 is 0 Å². The molecule has 0 spiro atoms. The van der Waals surface area contributed by atoms with Gasteiger partial charge in [0.15, 0.2) is 5.96 Å². The Balaban J connectivity index is 0.000000399. The van der Waals surface area contributed by atoms with Crippen LogP contribution in [-0.4, -0.2) is 11.1 Å². The molecule has 0 aliphatic rings. The minimum absolute atomic E-state index is 0.333. The normalized spacial score (nSPS) is 9.32. The van der Waals surface area contributed by atoms with E-state index < -0.39 is 0 Å². The van der Waals surface area contributed by atoms with Gasteiger partial charge in [0.05, 0.1) is 0 Å². The zero-order valence-corrected chi connectivity index (χ0v) is 10.9. The Labute approximate surface area is 113 Å². The van der Waals surface area contributed by atoms with Crippen LogP contribution in [0.5, 0.6) is 5.75 Å². The summed E-state index contributed by atoms with van der Waals surface area (Å²) in [6.07, 6.45) is 0.929. The SMILES string of the molecule is CCc1cccc(O)c1-c1ccccc1.N=C(N)N. The number of rotatable bonds is 2. The topological polar surface area (TPSA) is 96.1 Å². The zero-order valence-electron chi connectivity index (χ0n) is 10.9. The number of aromatic hydroxyl groups is 1. The Morgan fingerprint density at radius 1 is 1.05 bits per heavy atom. The third-order valence-electron chi connectivity index (χ3n) is 2.57. The highest BCUT2D eigenvalue weighted by atomic mass is 16.3. The van der Waals surface area contributed by atoms with E-state index in [0.717, 1.165) is 17.5 Å². The number of nitrogens with two attached hydrogens (primary N) is 2. The van der Waals surface area contributed by atoms with E-state index in [1.54, 1.807) is 6.07 Å². The Morgan fingerprint density at radius 3 is 2.16 bits per heavy atom. The first-order valence-corrected chi connectivity index (χ1v) is 6.02. The fourth-order valence-corrected chi connectivity index (χ4v) is 1.82. The van der Waals surface area contributed by atoms with Crippen molar-refractivity contribution >= 4 is 5.96 Å². The molecule has 6 N–H and O–H groups in total. The van der Waals surface area contributed by atoms with E-state index in [4.69, 9.17) is 5.41 Å². The Hall–Kier alpha value is -2.49. The molecule has 19 heavy (non-hydrogen) atoms. The molecular formula is C15H19N3O. The van der Waals surface area contributed by atoms with Gasteiger partial charge in [0, 0.05) is 5.56 Å². The van der Waals surface area contributed by atoms with Gasteiger partial charge in [0.1, 0.15) is 5.75 Å². The third-order valence-corrected chi connectivity index (χ3v) is 2.57. The Kier molecular flexibility index (Phi) is 5.41. The number of hydrogen-bond donors (Lipinski definition) is 4. The number of aryl methyl sites for hydroxylation is 1. The van der Waals surface area contributed by atoms with Gasteiger partial charge in [-0.25, -0.2) is 0 Å². The number of phenols is 1. The van der Waals surface area contributed by atoms with Gasteiger partial charge in [-0.15, -0.1) is 0 Å². The van der Waals surface area contributed by atoms with Crippen molar-refractivity contribution in [3.8, 4) is 16.9 Å². The monoisotopic (exact) mass is 257 g/mol. The molecule has 0 heterocycles. The molecule has 0 aliphatic heterocycles. The summed E-state index contributed by atoms with van der Waals surface area (Å²) < 4.78 is 0. The molecule has 4 nitrogen and oxygen atoms in total. The number of phenolic OH excluding ortho intramolecular Hbond substituents is 1. The van der Waals surface area contributed by atoms with Crippen LogP contribution >= 0.6 is 0 Å². The Bertz CT molecular complexity index is 534. The molecule has 0 amide bonds. The van der Waals surface area contributed by atoms with Crippen LogP contribution in [0, 0.1) is 5.41 Å². The van der Waals surface area contributed by atoms with Gasteiger partial charge < -0.3 is 16.6 Å². The van der Waals surface area contributed by atoms with Crippen molar-refractivity contribution in [3.05, 3.63) is 54.1 Å². The van der Waals surface area contributed by atoms with Crippen molar-refractivity contribution in [3.63, 3.8) is 0 Å². The molecule has 0 unspecified atom stereocenters. The van der Waals surface area contributed by atoms with Crippen LogP contribution in [0.15, 0.2) is 48.5 Å². The van der Waals surface area contributed by atoms with E-state index in [9.17, 15) is 5.11 Å². The molecule has 0 atom stereocenters. The lowest BCUT2D eigenvalue weighted by Gasteiger charge is -2.09. The van der Waals surface area contributed by atoms with Crippen molar-refractivity contribution in [1.29, 1.82) is 5.41 Å². The molecule has 4 heteroatoms. The maximum atomic E-state index is 9.88. The average Bonchev–Trinajstić information content (AvgIpc) is 2.38. The first-order chi connectivity index (χ1) is 9.06. The summed E-state index contributed by atoms with van der Waals surface area (Å²) in [6, 6.07) is 15.7. The maximum Gasteiger partial charge on any atom is 0.183 e. The van der Waals surface area contributed by atoms with Gasteiger partial charge in [-0.2, -0.15) is 0 Å². The van der Waals surface area contributed by atoms with Crippen LogP contribution < -0.4 is 11.5 Å². The molecule has 2 rings (SSSR count). The minimum Gasteiger partial charge on any atom is -0.507 e. The summed E-state index contributed by atoms with van der Waals surface area (Å²) in [6.45, 7) is 2.10. The van der Waals surface area contributed by atoms with Crippen molar-refractivity contribution in [1.82, 2.24) is 0 Å². The summed E-state index contributed by atoms with van der Waals surface area (Å²) in [5.41, 5.74) is 12.2. The molecule has 2 aromatic carbocycles. The Morgan fingerprint density at radius 2 is 1.63 bits per heavy atom. The van der Waals surface area contributed by atoms with Crippen LogP contribution in [0.3, 0.4) is 0 Å². The second-order valence-corrected chi connectivity index (χ2v) is 3.99. The van der Waals surface area contributed by atoms with Crippen LogP contribution in [0.2, 0.25) is 0 Å². The largest absolute Gasteiger partial charge is 0.507 e. The fraction of sp³-hybridized carbons (Fsp3) is 0.133. The van der Waals surface area contributed by atoms with E-state index in [2.05, 4.69) is 24.5 Å². The molecule has 0 aromatic heterocycles. The summed E-state index contributed by atoms with van der Waals surface area (Å²) >= 11 is 0. The van der Waals surface area contributed by atoms with E-state index in [-0.39, 0.29) is 5.96 Å². The summed E-state index contributed by atoms with van der Waals surface area (Å²) in [4.78, 5) is 0. The van der Waals surface area contributed by atoms with Gasteiger partial charge in [-0.05, 0) is 23.6 Å². The lowest BCUT2D eigenvalue weighted by Crippen LogP contribution is -2.20. The average molecular weight is 257 g/mol. The molecular weight excluding hydrogens is 238 g/mol. The standard InChI is InChI=1S/C14H14O.CH5N3/c1-2-11-9-6-10-13(15)14(11)12-7-4-3-5-8-12;2-1(3)4/h3-10,15H,2H2,1H3;(H5,2,3,4). The van der Waals surface area contributed by atoms with Crippen molar-refractivity contribution in [2.24, 2.45) is 11.5 Å². The highest BCUT2D eigenvalue weighted by molar-refractivity contribution is 5.73. The first-order valence-electron chi connectivity index (χ1n) is 6.02. The number of benzene rings is 2. The number of hydrogen-bond acceptors (Lipinski definition) is 2. The smallest absolute Gasteiger partial charge is 0.183 e. The summed E-state index contributed by atoms with van der Waals surface area (Å²) in [5.74, 6) is 0.0283. The molecule has 0 radical (unpaired) electrons. The minimum atomic E-state index is -0.333. The summed E-state index contributed by atoms with van der Waals surface area (Å²) in [7, 11) is 0. The quantitative estimate of drug-likeness (QED) is 0.491. The second kappa shape index (κ2) is 7.06. The molecule has 0 bridgehead atoms. The van der Waals surface area contributed by atoms with Gasteiger partial charge >= 0.3 is 0 Å². The van der Waals surface area contributed by atoms with Crippen molar-refractivity contribution in [2.45, 2.75) is 13.3 Å². The van der Waals surface area contributed by atoms with E-state index in [1.807, 2.05) is 36.4 Å². The lowest BCUT2D eigenvalue weighted by atomic mass is 9.97. The van der Waals surface area contributed by atoms with Crippen molar-refractivity contribution in [2.75, 3.05) is 0 Å². The third kappa shape index (κ3) is 4.35. The maximum absolute atomic E-state index is 9.88. The van der Waals surface area contributed by atoms with Crippen LogP contribution in [0.1, 0.15) is 12.5 Å². The van der Waals surface area contributed by atoms with E-state index in [1.165, 1.54) is 5.56 Å².